The molecule has 2 aromatic heterocycles. The Balaban J connectivity index is 1.70. The van der Waals surface area contributed by atoms with E-state index in [1.165, 1.54) is 7.11 Å². The summed E-state index contributed by atoms with van der Waals surface area (Å²) < 4.78 is 10.5. The van der Waals surface area contributed by atoms with Gasteiger partial charge < -0.3 is 20.1 Å². The van der Waals surface area contributed by atoms with Gasteiger partial charge in [-0.05, 0) is 36.4 Å². The van der Waals surface area contributed by atoms with Crippen molar-refractivity contribution in [3.05, 3.63) is 72.3 Å². The molecule has 0 atom stereocenters. The summed E-state index contributed by atoms with van der Waals surface area (Å²) in [5.41, 5.74) is 2.52. The van der Waals surface area contributed by atoms with Crippen LogP contribution in [0.2, 0.25) is 0 Å². The smallest absolute Gasteiger partial charge is 0.274 e. The highest BCUT2D eigenvalue weighted by Gasteiger charge is 2.12. The molecule has 3 aromatic rings. The Labute approximate surface area is 157 Å². The van der Waals surface area contributed by atoms with E-state index < -0.39 is 0 Å². The highest BCUT2D eigenvalue weighted by Crippen LogP contribution is 2.29. The normalized spacial score (nSPS) is 10.1. The second-order valence-electron chi connectivity index (χ2n) is 5.62. The van der Waals surface area contributed by atoms with Crippen LogP contribution in [0.4, 0.5) is 11.4 Å². The van der Waals surface area contributed by atoms with E-state index in [4.69, 9.17) is 9.47 Å². The molecule has 0 bridgehead atoms. The molecule has 1 aromatic carbocycles. The predicted octanol–water partition coefficient (Wildman–Crippen LogP) is 3.36. The number of nitrogens with zero attached hydrogens (tertiary/aromatic N) is 2. The second-order valence-corrected chi connectivity index (χ2v) is 5.62. The Hall–Kier alpha value is -3.61. The average molecular weight is 364 g/mol. The van der Waals surface area contributed by atoms with Crippen molar-refractivity contribution < 1.29 is 14.3 Å². The van der Waals surface area contributed by atoms with Crippen molar-refractivity contribution in [3.8, 4) is 11.5 Å². The minimum atomic E-state index is -0.333. The number of aromatic nitrogens is 2. The van der Waals surface area contributed by atoms with E-state index in [0.717, 1.165) is 11.4 Å². The largest absolute Gasteiger partial charge is 0.497 e. The topological polar surface area (TPSA) is 85.4 Å². The third-order valence-electron chi connectivity index (χ3n) is 3.85. The lowest BCUT2D eigenvalue weighted by Crippen LogP contribution is -2.14. The molecule has 0 aliphatic rings. The number of ether oxygens (including phenoxy) is 2. The molecule has 1 amide bonds. The van der Waals surface area contributed by atoms with Gasteiger partial charge in [-0.25, -0.2) is 0 Å². The number of rotatable bonds is 7. The number of nitrogens with one attached hydrogen (secondary N) is 2. The number of anilines is 2. The van der Waals surface area contributed by atoms with Crippen molar-refractivity contribution in [2.75, 3.05) is 24.9 Å². The number of hydrogen-bond acceptors (Lipinski definition) is 6. The summed E-state index contributed by atoms with van der Waals surface area (Å²) in [6.07, 6.45) is 3.33. The van der Waals surface area contributed by atoms with Crippen LogP contribution in [0.15, 0.2) is 60.9 Å². The Kier molecular flexibility index (Phi) is 5.84. The van der Waals surface area contributed by atoms with Crippen molar-refractivity contribution in [1.29, 1.82) is 0 Å². The van der Waals surface area contributed by atoms with Gasteiger partial charge in [0.05, 0.1) is 32.1 Å². The summed E-state index contributed by atoms with van der Waals surface area (Å²) in [6, 6.07) is 14.4. The summed E-state index contributed by atoms with van der Waals surface area (Å²) in [5, 5.41) is 6.04. The number of hydrogen-bond donors (Lipinski definition) is 2. The third kappa shape index (κ3) is 4.72. The quantitative estimate of drug-likeness (QED) is 0.669. The number of methoxy groups -OCH3 is 2. The minimum absolute atomic E-state index is 0.291. The van der Waals surface area contributed by atoms with E-state index >= 15 is 0 Å². The maximum atomic E-state index is 12.6. The van der Waals surface area contributed by atoms with E-state index in [1.54, 1.807) is 49.8 Å². The molecule has 3 rings (SSSR count). The lowest BCUT2D eigenvalue weighted by Gasteiger charge is -2.12. The molecule has 0 aliphatic heterocycles. The molecule has 0 spiro atoms. The van der Waals surface area contributed by atoms with Gasteiger partial charge in [-0.3, -0.25) is 14.8 Å². The van der Waals surface area contributed by atoms with Gasteiger partial charge in [-0.2, -0.15) is 0 Å². The van der Waals surface area contributed by atoms with Gasteiger partial charge in [-0.1, -0.05) is 6.07 Å². The molecule has 2 heterocycles. The Morgan fingerprint density at radius 3 is 2.63 bits per heavy atom. The number of pyridine rings is 2. The van der Waals surface area contributed by atoms with Crippen LogP contribution < -0.4 is 20.1 Å². The fourth-order valence-corrected chi connectivity index (χ4v) is 2.45. The van der Waals surface area contributed by atoms with Gasteiger partial charge in [0.2, 0.25) is 0 Å². The first-order valence-electron chi connectivity index (χ1n) is 8.33. The lowest BCUT2D eigenvalue weighted by atomic mass is 10.2. The molecule has 138 valence electrons. The van der Waals surface area contributed by atoms with Crippen molar-refractivity contribution in [2.24, 2.45) is 0 Å². The van der Waals surface area contributed by atoms with Crippen LogP contribution in [0.25, 0.3) is 0 Å². The fourth-order valence-electron chi connectivity index (χ4n) is 2.45. The van der Waals surface area contributed by atoms with Gasteiger partial charge in [0.25, 0.3) is 5.91 Å². The summed E-state index contributed by atoms with van der Waals surface area (Å²) >= 11 is 0. The number of benzene rings is 1. The van der Waals surface area contributed by atoms with E-state index in [1.807, 2.05) is 18.2 Å². The lowest BCUT2D eigenvalue weighted by molar-refractivity contribution is 0.102. The molecule has 0 aliphatic carbocycles. The maximum absolute atomic E-state index is 12.6. The maximum Gasteiger partial charge on any atom is 0.274 e. The molecule has 0 unspecified atom stereocenters. The van der Waals surface area contributed by atoms with Crippen LogP contribution >= 0.6 is 0 Å². The van der Waals surface area contributed by atoms with Crippen LogP contribution in [0.5, 0.6) is 11.5 Å². The van der Waals surface area contributed by atoms with Gasteiger partial charge in [0.15, 0.2) is 0 Å². The van der Waals surface area contributed by atoms with Crippen LogP contribution in [-0.2, 0) is 6.54 Å². The molecule has 0 saturated carbocycles. The van der Waals surface area contributed by atoms with Gasteiger partial charge in [-0.15, -0.1) is 0 Å². The molecule has 7 heteroatoms. The van der Waals surface area contributed by atoms with Gasteiger partial charge in [0, 0.05) is 24.1 Å². The van der Waals surface area contributed by atoms with E-state index in [0.29, 0.717) is 29.4 Å². The zero-order chi connectivity index (χ0) is 19.1. The van der Waals surface area contributed by atoms with E-state index in [2.05, 4.69) is 20.6 Å². The molecule has 7 nitrogen and oxygen atoms in total. The van der Waals surface area contributed by atoms with Crippen molar-refractivity contribution in [1.82, 2.24) is 9.97 Å². The summed E-state index contributed by atoms with van der Waals surface area (Å²) in [6.45, 7) is 0.554. The molecule has 0 radical (unpaired) electrons. The number of carbonyl (C=O) groups is 1. The van der Waals surface area contributed by atoms with Crippen LogP contribution in [0.3, 0.4) is 0 Å². The first-order valence-corrected chi connectivity index (χ1v) is 8.33. The van der Waals surface area contributed by atoms with Gasteiger partial charge >= 0.3 is 0 Å². The SMILES string of the molecule is COc1ccc(NC(=O)c2cc(NCc3ccccn3)ccn2)c(OC)c1. The van der Waals surface area contributed by atoms with Crippen molar-refractivity contribution >= 4 is 17.3 Å². The molecule has 2 N–H and O–H groups in total. The molecular weight excluding hydrogens is 344 g/mol. The Morgan fingerprint density at radius 1 is 1.00 bits per heavy atom. The molecule has 27 heavy (non-hydrogen) atoms. The standard InChI is InChI=1S/C20H20N4O3/c1-26-16-6-7-17(19(12-16)27-2)24-20(25)18-11-14(8-10-22-18)23-13-15-5-3-4-9-21-15/h3-12H,13H2,1-2H3,(H,22,23)(H,24,25). The van der Waals surface area contributed by atoms with E-state index in [9.17, 15) is 4.79 Å². The Morgan fingerprint density at radius 2 is 1.89 bits per heavy atom. The highest BCUT2D eigenvalue weighted by atomic mass is 16.5. The first-order chi connectivity index (χ1) is 13.2. The predicted molar refractivity (Wildman–Crippen MR) is 103 cm³/mol. The molecule has 0 saturated heterocycles. The first kappa shape index (κ1) is 18.2. The van der Waals surface area contributed by atoms with Crippen LogP contribution in [0.1, 0.15) is 16.2 Å². The van der Waals surface area contributed by atoms with Crippen molar-refractivity contribution in [2.45, 2.75) is 6.54 Å². The monoisotopic (exact) mass is 364 g/mol. The Bertz CT molecular complexity index is 916. The zero-order valence-electron chi connectivity index (χ0n) is 15.1. The summed E-state index contributed by atoms with van der Waals surface area (Å²) in [5.74, 6) is 0.816. The summed E-state index contributed by atoms with van der Waals surface area (Å²) in [7, 11) is 3.10. The molecular formula is C20H20N4O3. The highest BCUT2D eigenvalue weighted by molar-refractivity contribution is 6.04. The number of carbonyl (C=O) groups excluding carboxylic acids is 1. The minimum Gasteiger partial charge on any atom is -0.497 e. The zero-order valence-corrected chi connectivity index (χ0v) is 15.1. The molecule has 0 fully saturated rings. The van der Waals surface area contributed by atoms with E-state index in [-0.39, 0.29) is 5.91 Å². The summed E-state index contributed by atoms with van der Waals surface area (Å²) in [4.78, 5) is 21.0. The fraction of sp³-hybridized carbons (Fsp3) is 0.150. The second kappa shape index (κ2) is 8.66. The van der Waals surface area contributed by atoms with Gasteiger partial charge in [0.1, 0.15) is 17.2 Å². The van der Waals surface area contributed by atoms with Crippen LogP contribution in [-0.4, -0.2) is 30.1 Å². The van der Waals surface area contributed by atoms with Crippen LogP contribution in [0, 0.1) is 0 Å². The van der Waals surface area contributed by atoms with Crippen molar-refractivity contribution in [3.63, 3.8) is 0 Å². The third-order valence-corrected chi connectivity index (χ3v) is 3.85. The average Bonchev–Trinajstić information content (AvgIpc) is 2.73. The number of amides is 1.